The molecule has 0 fully saturated rings. The van der Waals surface area contributed by atoms with E-state index in [0.29, 0.717) is 17.2 Å². The number of phenols is 1. The number of anilines is 1. The summed E-state index contributed by atoms with van der Waals surface area (Å²) in [5.74, 6) is -0.0329. The number of carbonyl (C=O) groups excluding carboxylic acids is 1. The number of benzene rings is 2. The second-order valence-corrected chi connectivity index (χ2v) is 9.06. The van der Waals surface area contributed by atoms with Crippen molar-refractivity contribution in [1.82, 2.24) is 4.72 Å². The van der Waals surface area contributed by atoms with Crippen LogP contribution in [0.25, 0.3) is 0 Å². The van der Waals surface area contributed by atoms with Gasteiger partial charge in [-0.25, -0.2) is 8.42 Å². The number of thioether (sulfide) groups is 1. The smallest absolute Gasteiger partial charge is 0.242 e. The van der Waals surface area contributed by atoms with E-state index < -0.39 is 22.0 Å². The predicted molar refractivity (Wildman–Crippen MR) is 110 cm³/mol. The van der Waals surface area contributed by atoms with Crippen molar-refractivity contribution >= 4 is 45.0 Å². The van der Waals surface area contributed by atoms with E-state index in [1.54, 1.807) is 12.1 Å². The third-order valence-corrected chi connectivity index (χ3v) is 6.14. The summed E-state index contributed by atoms with van der Waals surface area (Å²) in [6, 6.07) is 9.53. The highest BCUT2D eigenvalue weighted by molar-refractivity contribution is 7.98. The van der Waals surface area contributed by atoms with Crippen molar-refractivity contribution in [3.8, 4) is 5.75 Å². The van der Waals surface area contributed by atoms with Crippen molar-refractivity contribution in [3.05, 3.63) is 53.1 Å². The van der Waals surface area contributed by atoms with Gasteiger partial charge in [-0.15, -0.1) is 0 Å². The molecule has 0 aliphatic heterocycles. The number of carbonyl (C=O) groups is 1. The number of halogens is 1. The number of aromatic hydroxyl groups is 1. The van der Waals surface area contributed by atoms with Crippen LogP contribution < -0.4 is 10.0 Å². The Morgan fingerprint density at radius 2 is 1.89 bits per heavy atom. The number of sulfonamides is 1. The molecule has 0 spiro atoms. The lowest BCUT2D eigenvalue weighted by Gasteiger charge is -2.19. The van der Waals surface area contributed by atoms with Gasteiger partial charge in [0.1, 0.15) is 11.8 Å². The lowest BCUT2D eigenvalue weighted by Crippen LogP contribution is -2.44. The van der Waals surface area contributed by atoms with Gasteiger partial charge in [-0.1, -0.05) is 17.7 Å². The minimum absolute atomic E-state index is 0.0204. The summed E-state index contributed by atoms with van der Waals surface area (Å²) >= 11 is 7.30. The van der Waals surface area contributed by atoms with Crippen LogP contribution in [0.15, 0.2) is 47.4 Å². The number of hydrogen-bond donors (Lipinski definition) is 3. The Morgan fingerprint density at radius 3 is 2.48 bits per heavy atom. The van der Waals surface area contributed by atoms with E-state index in [2.05, 4.69) is 10.0 Å². The van der Waals surface area contributed by atoms with Gasteiger partial charge >= 0.3 is 0 Å². The fourth-order valence-corrected chi connectivity index (χ4v) is 4.14. The van der Waals surface area contributed by atoms with Crippen LogP contribution in [0.2, 0.25) is 5.02 Å². The van der Waals surface area contributed by atoms with Gasteiger partial charge in [-0.2, -0.15) is 16.5 Å². The molecule has 0 radical (unpaired) electrons. The van der Waals surface area contributed by atoms with E-state index in [-0.39, 0.29) is 16.3 Å². The summed E-state index contributed by atoms with van der Waals surface area (Å²) in [5, 5.41) is 13.0. The first-order chi connectivity index (χ1) is 12.7. The standard InChI is InChI=1S/C18H21ClN2O4S2/c1-12-3-8-15(17(22)11-12)20-18(23)16(9-10-26-2)21-27(24,25)14-6-4-13(19)5-7-14/h3-8,11,16,21-22H,9-10H2,1-2H3,(H,20,23)/t16-/m1/s1. The first-order valence-electron chi connectivity index (χ1n) is 8.10. The largest absolute Gasteiger partial charge is 0.506 e. The first kappa shape index (κ1) is 21.6. The molecular weight excluding hydrogens is 408 g/mol. The van der Waals surface area contributed by atoms with Gasteiger partial charge in [-0.05, 0) is 67.3 Å². The molecule has 27 heavy (non-hydrogen) atoms. The second-order valence-electron chi connectivity index (χ2n) is 5.92. The van der Waals surface area contributed by atoms with Gasteiger partial charge in [0.15, 0.2) is 0 Å². The summed E-state index contributed by atoms with van der Waals surface area (Å²) in [7, 11) is -3.90. The monoisotopic (exact) mass is 428 g/mol. The molecule has 0 unspecified atom stereocenters. The number of rotatable bonds is 8. The highest BCUT2D eigenvalue weighted by Crippen LogP contribution is 2.24. The molecule has 6 nitrogen and oxygen atoms in total. The number of aryl methyl sites for hydroxylation is 1. The maximum absolute atomic E-state index is 12.6. The van der Waals surface area contributed by atoms with E-state index >= 15 is 0 Å². The highest BCUT2D eigenvalue weighted by atomic mass is 35.5. The summed E-state index contributed by atoms with van der Waals surface area (Å²) < 4.78 is 27.6. The minimum atomic E-state index is -3.90. The zero-order valence-electron chi connectivity index (χ0n) is 14.9. The predicted octanol–water partition coefficient (Wildman–Crippen LogP) is 3.39. The number of nitrogens with one attached hydrogen (secondary N) is 2. The van der Waals surface area contributed by atoms with Gasteiger partial charge in [0.2, 0.25) is 15.9 Å². The second kappa shape index (κ2) is 9.45. The molecule has 2 aromatic carbocycles. The van der Waals surface area contributed by atoms with Gasteiger partial charge in [0, 0.05) is 5.02 Å². The minimum Gasteiger partial charge on any atom is -0.506 e. The van der Waals surface area contributed by atoms with E-state index in [9.17, 15) is 18.3 Å². The zero-order chi connectivity index (χ0) is 20.0. The molecule has 0 aliphatic carbocycles. The quantitative estimate of drug-likeness (QED) is 0.560. The Labute approximate surface area is 168 Å². The van der Waals surface area contributed by atoms with Gasteiger partial charge < -0.3 is 10.4 Å². The van der Waals surface area contributed by atoms with Crippen LogP contribution in [0.4, 0.5) is 5.69 Å². The van der Waals surface area contributed by atoms with Crippen molar-refractivity contribution in [2.24, 2.45) is 0 Å². The summed E-state index contributed by atoms with van der Waals surface area (Å²) in [5.41, 5.74) is 1.07. The normalized spacial score (nSPS) is 12.6. The highest BCUT2D eigenvalue weighted by Gasteiger charge is 2.26. The van der Waals surface area contributed by atoms with Gasteiger partial charge in [0.25, 0.3) is 0 Å². The molecule has 0 bridgehead atoms. The third-order valence-electron chi connectivity index (χ3n) is 3.76. The Hall–Kier alpha value is -1.74. The van der Waals surface area contributed by atoms with Crippen LogP contribution in [0, 0.1) is 6.92 Å². The van der Waals surface area contributed by atoms with Crippen molar-refractivity contribution < 1.29 is 18.3 Å². The topological polar surface area (TPSA) is 95.5 Å². The van der Waals surface area contributed by atoms with Crippen LogP contribution in [0.3, 0.4) is 0 Å². The number of hydrogen-bond acceptors (Lipinski definition) is 5. The molecule has 1 amide bonds. The molecule has 0 saturated heterocycles. The molecule has 0 aliphatic rings. The van der Waals surface area contributed by atoms with Crippen LogP contribution >= 0.6 is 23.4 Å². The van der Waals surface area contributed by atoms with Crippen molar-refractivity contribution in [2.75, 3.05) is 17.3 Å². The molecule has 0 heterocycles. The molecule has 1 atom stereocenters. The van der Waals surface area contributed by atoms with Crippen LogP contribution in [0.1, 0.15) is 12.0 Å². The van der Waals surface area contributed by atoms with E-state index in [4.69, 9.17) is 11.6 Å². The van der Waals surface area contributed by atoms with Crippen molar-refractivity contribution in [1.29, 1.82) is 0 Å². The zero-order valence-corrected chi connectivity index (χ0v) is 17.3. The SMILES string of the molecule is CSCC[C@@H](NS(=O)(=O)c1ccc(Cl)cc1)C(=O)Nc1ccc(C)cc1O. The average Bonchev–Trinajstić information content (AvgIpc) is 2.61. The maximum atomic E-state index is 12.6. The van der Waals surface area contributed by atoms with E-state index in [0.717, 1.165) is 5.56 Å². The van der Waals surface area contributed by atoms with Gasteiger partial charge in [-0.3, -0.25) is 4.79 Å². The van der Waals surface area contributed by atoms with Gasteiger partial charge in [0.05, 0.1) is 10.6 Å². The molecular formula is C18H21ClN2O4S2. The molecule has 2 rings (SSSR count). The van der Waals surface area contributed by atoms with Crippen molar-refractivity contribution in [2.45, 2.75) is 24.3 Å². The van der Waals surface area contributed by atoms with E-state index in [1.807, 2.05) is 13.2 Å². The molecule has 0 aromatic heterocycles. The Bertz CT molecular complexity index is 902. The van der Waals surface area contributed by atoms with Crippen LogP contribution in [-0.2, 0) is 14.8 Å². The maximum Gasteiger partial charge on any atom is 0.242 e. The first-order valence-corrected chi connectivity index (χ1v) is 11.4. The molecule has 0 saturated carbocycles. The fraction of sp³-hybridized carbons (Fsp3) is 0.278. The summed E-state index contributed by atoms with van der Waals surface area (Å²) in [4.78, 5) is 12.7. The van der Waals surface area contributed by atoms with Crippen LogP contribution in [-0.4, -0.2) is 37.5 Å². The summed E-state index contributed by atoms with van der Waals surface area (Å²) in [6.45, 7) is 1.81. The average molecular weight is 429 g/mol. The summed E-state index contributed by atoms with van der Waals surface area (Å²) in [6.07, 6.45) is 2.17. The molecule has 3 N–H and O–H groups in total. The number of amides is 1. The molecule has 9 heteroatoms. The fourth-order valence-electron chi connectivity index (χ4n) is 2.32. The Morgan fingerprint density at radius 1 is 1.22 bits per heavy atom. The van der Waals surface area contributed by atoms with Crippen LogP contribution in [0.5, 0.6) is 5.75 Å². The lowest BCUT2D eigenvalue weighted by molar-refractivity contribution is -0.117. The van der Waals surface area contributed by atoms with E-state index in [1.165, 1.54) is 42.1 Å². The molecule has 2 aromatic rings. The number of phenolic OH excluding ortho intramolecular Hbond substituents is 1. The lowest BCUT2D eigenvalue weighted by atomic mass is 10.2. The van der Waals surface area contributed by atoms with Crippen molar-refractivity contribution in [3.63, 3.8) is 0 Å². The third kappa shape index (κ3) is 6.14. The molecule has 146 valence electrons. The Kier molecular flexibility index (Phi) is 7.55. The Balaban J connectivity index is 2.20.